The molecule has 1 aromatic carbocycles. The van der Waals surface area contributed by atoms with Gasteiger partial charge in [-0.2, -0.15) is 8.78 Å². The van der Waals surface area contributed by atoms with Crippen molar-refractivity contribution in [2.75, 3.05) is 7.11 Å². The highest BCUT2D eigenvalue weighted by molar-refractivity contribution is 6.30. The second-order valence-electron chi connectivity index (χ2n) is 3.14. The molecular formula is C10H9ClF2O3. The van der Waals surface area contributed by atoms with Crippen molar-refractivity contribution in [2.24, 2.45) is 0 Å². The minimum Gasteiger partial charge on any atom is -0.496 e. The Labute approximate surface area is 95.6 Å². The summed E-state index contributed by atoms with van der Waals surface area (Å²) < 4.78 is 30.8. The lowest BCUT2D eigenvalue weighted by molar-refractivity contribution is -0.164. The first-order valence-corrected chi connectivity index (χ1v) is 4.68. The van der Waals surface area contributed by atoms with Crippen molar-refractivity contribution in [2.45, 2.75) is 12.3 Å². The van der Waals surface area contributed by atoms with E-state index in [1.54, 1.807) is 0 Å². The standard InChI is InChI=1S/C10H9ClF2O3/c1-16-8-3-2-7(11)4-6(8)5-10(12,13)9(14)15/h2-4H,5H2,1H3,(H,14,15). The Morgan fingerprint density at radius 1 is 1.56 bits per heavy atom. The van der Waals surface area contributed by atoms with Gasteiger partial charge in [0.05, 0.1) is 13.5 Å². The molecule has 88 valence electrons. The van der Waals surface area contributed by atoms with Crippen LogP contribution in [0.1, 0.15) is 5.56 Å². The zero-order valence-electron chi connectivity index (χ0n) is 8.34. The van der Waals surface area contributed by atoms with Gasteiger partial charge in [-0.05, 0) is 18.2 Å². The van der Waals surface area contributed by atoms with Crippen molar-refractivity contribution < 1.29 is 23.4 Å². The summed E-state index contributed by atoms with van der Waals surface area (Å²) in [4.78, 5) is 10.3. The van der Waals surface area contributed by atoms with Gasteiger partial charge in [0.15, 0.2) is 0 Å². The van der Waals surface area contributed by atoms with Crippen LogP contribution in [0.25, 0.3) is 0 Å². The number of carboxylic acid groups (broad SMARTS) is 1. The number of alkyl halides is 2. The summed E-state index contributed by atoms with van der Waals surface area (Å²) in [7, 11) is 1.31. The van der Waals surface area contributed by atoms with E-state index in [9.17, 15) is 13.6 Å². The molecule has 0 radical (unpaired) electrons. The van der Waals surface area contributed by atoms with Crippen LogP contribution in [-0.2, 0) is 11.2 Å². The molecule has 0 aromatic heterocycles. The molecule has 1 aromatic rings. The minimum atomic E-state index is -3.84. The third kappa shape index (κ3) is 2.82. The number of ether oxygens (including phenoxy) is 1. The van der Waals surface area contributed by atoms with Crippen LogP contribution in [0.5, 0.6) is 5.75 Å². The molecule has 0 saturated carbocycles. The van der Waals surface area contributed by atoms with Crippen molar-refractivity contribution in [3.05, 3.63) is 28.8 Å². The van der Waals surface area contributed by atoms with Gasteiger partial charge in [-0.25, -0.2) is 4.79 Å². The Hall–Kier alpha value is -1.36. The SMILES string of the molecule is COc1ccc(Cl)cc1CC(F)(F)C(=O)O. The summed E-state index contributed by atoms with van der Waals surface area (Å²) in [5.74, 6) is -5.82. The van der Waals surface area contributed by atoms with Gasteiger partial charge in [-0.3, -0.25) is 0 Å². The van der Waals surface area contributed by atoms with Crippen molar-refractivity contribution in [3.63, 3.8) is 0 Å². The summed E-state index contributed by atoms with van der Waals surface area (Å²) in [6, 6.07) is 4.15. The first-order valence-electron chi connectivity index (χ1n) is 4.30. The molecule has 0 fully saturated rings. The molecule has 0 atom stereocenters. The van der Waals surface area contributed by atoms with E-state index in [-0.39, 0.29) is 16.3 Å². The van der Waals surface area contributed by atoms with Gasteiger partial charge in [0.2, 0.25) is 0 Å². The van der Waals surface area contributed by atoms with Gasteiger partial charge in [-0.15, -0.1) is 0 Å². The summed E-state index contributed by atoms with van der Waals surface area (Å²) in [6.45, 7) is 0. The smallest absolute Gasteiger partial charge is 0.374 e. The summed E-state index contributed by atoms with van der Waals surface area (Å²) in [5, 5.41) is 8.56. The molecule has 0 saturated heterocycles. The predicted molar refractivity (Wildman–Crippen MR) is 54.3 cm³/mol. The second kappa shape index (κ2) is 4.65. The third-order valence-corrected chi connectivity index (χ3v) is 2.20. The zero-order chi connectivity index (χ0) is 12.3. The molecule has 0 spiro atoms. The van der Waals surface area contributed by atoms with E-state index in [0.29, 0.717) is 0 Å². The van der Waals surface area contributed by atoms with Gasteiger partial charge in [-0.1, -0.05) is 11.6 Å². The lowest BCUT2D eigenvalue weighted by Crippen LogP contribution is -2.30. The number of rotatable bonds is 4. The van der Waals surface area contributed by atoms with Gasteiger partial charge >= 0.3 is 11.9 Å². The van der Waals surface area contributed by atoms with Gasteiger partial charge < -0.3 is 9.84 Å². The Balaban J connectivity index is 3.04. The van der Waals surface area contributed by atoms with Crippen LogP contribution < -0.4 is 4.74 Å². The van der Waals surface area contributed by atoms with Crippen LogP contribution >= 0.6 is 11.6 Å². The van der Waals surface area contributed by atoms with E-state index in [1.165, 1.54) is 25.3 Å². The molecule has 6 heteroatoms. The number of carbonyl (C=O) groups is 1. The molecule has 0 aliphatic carbocycles. The summed E-state index contributed by atoms with van der Waals surface area (Å²) in [5.41, 5.74) is 0.0578. The topological polar surface area (TPSA) is 46.5 Å². The fourth-order valence-corrected chi connectivity index (χ4v) is 1.39. The average molecular weight is 251 g/mol. The first-order chi connectivity index (χ1) is 7.36. The van der Waals surface area contributed by atoms with Crippen molar-refractivity contribution in [1.29, 1.82) is 0 Å². The van der Waals surface area contributed by atoms with E-state index in [0.717, 1.165) is 0 Å². The van der Waals surface area contributed by atoms with Crippen LogP contribution in [-0.4, -0.2) is 24.1 Å². The predicted octanol–water partition coefficient (Wildman–Crippen LogP) is 2.61. The minimum absolute atomic E-state index is 0.0578. The maximum atomic E-state index is 13.0. The number of hydrogen-bond donors (Lipinski definition) is 1. The van der Waals surface area contributed by atoms with Crippen LogP contribution in [0.15, 0.2) is 18.2 Å². The molecule has 16 heavy (non-hydrogen) atoms. The summed E-state index contributed by atoms with van der Waals surface area (Å²) in [6.07, 6.45) is -0.952. The molecule has 0 bridgehead atoms. The number of hydrogen-bond acceptors (Lipinski definition) is 2. The molecule has 0 heterocycles. The second-order valence-corrected chi connectivity index (χ2v) is 3.58. The number of carboxylic acids is 1. The Kier molecular flexibility index (Phi) is 3.70. The van der Waals surface area contributed by atoms with Crippen LogP contribution in [0, 0.1) is 0 Å². The molecule has 0 aliphatic heterocycles. The van der Waals surface area contributed by atoms with Gasteiger partial charge in [0.25, 0.3) is 0 Å². The highest BCUT2D eigenvalue weighted by Gasteiger charge is 2.39. The van der Waals surface area contributed by atoms with E-state index >= 15 is 0 Å². The molecular weight excluding hydrogens is 242 g/mol. The van der Waals surface area contributed by atoms with Crippen LogP contribution in [0.3, 0.4) is 0 Å². The van der Waals surface area contributed by atoms with Crippen LogP contribution in [0.2, 0.25) is 5.02 Å². The Bertz CT molecular complexity index is 407. The maximum Gasteiger partial charge on any atom is 0.374 e. The summed E-state index contributed by atoms with van der Waals surface area (Å²) >= 11 is 5.63. The molecule has 0 unspecified atom stereocenters. The number of aliphatic carboxylic acids is 1. The quantitative estimate of drug-likeness (QED) is 0.894. The highest BCUT2D eigenvalue weighted by Crippen LogP contribution is 2.29. The Morgan fingerprint density at radius 2 is 2.19 bits per heavy atom. The van der Waals surface area contributed by atoms with E-state index in [1.807, 2.05) is 0 Å². The van der Waals surface area contributed by atoms with Gasteiger partial charge in [0.1, 0.15) is 5.75 Å². The first kappa shape index (κ1) is 12.7. The fourth-order valence-electron chi connectivity index (χ4n) is 1.20. The van der Waals surface area contributed by atoms with Crippen molar-refractivity contribution in [1.82, 2.24) is 0 Å². The van der Waals surface area contributed by atoms with Gasteiger partial charge in [0, 0.05) is 10.6 Å². The van der Waals surface area contributed by atoms with Crippen molar-refractivity contribution in [3.8, 4) is 5.75 Å². The molecule has 0 aliphatic rings. The normalized spacial score (nSPS) is 11.2. The largest absolute Gasteiger partial charge is 0.496 e. The number of benzene rings is 1. The fraction of sp³-hybridized carbons (Fsp3) is 0.300. The molecule has 3 nitrogen and oxygen atoms in total. The molecule has 0 amide bonds. The van der Waals surface area contributed by atoms with Crippen LogP contribution in [0.4, 0.5) is 8.78 Å². The van der Waals surface area contributed by atoms with E-state index in [2.05, 4.69) is 0 Å². The highest BCUT2D eigenvalue weighted by atomic mass is 35.5. The third-order valence-electron chi connectivity index (χ3n) is 1.97. The average Bonchev–Trinajstić information content (AvgIpc) is 2.17. The van der Waals surface area contributed by atoms with Crippen molar-refractivity contribution >= 4 is 17.6 Å². The number of halogens is 3. The molecule has 1 N–H and O–H groups in total. The zero-order valence-corrected chi connectivity index (χ0v) is 9.09. The lowest BCUT2D eigenvalue weighted by Gasteiger charge is -2.14. The monoisotopic (exact) mass is 250 g/mol. The Morgan fingerprint density at radius 3 is 2.69 bits per heavy atom. The lowest BCUT2D eigenvalue weighted by atomic mass is 10.1. The van der Waals surface area contributed by atoms with E-state index < -0.39 is 18.3 Å². The number of methoxy groups -OCH3 is 1. The maximum absolute atomic E-state index is 13.0. The van der Waals surface area contributed by atoms with E-state index in [4.69, 9.17) is 21.4 Å². The molecule has 1 rings (SSSR count).